The zero-order chi connectivity index (χ0) is 10.1. The number of rotatable bonds is 2. The average Bonchev–Trinajstić information content (AvgIpc) is 2.13. The molecule has 0 aliphatic heterocycles. The van der Waals surface area contributed by atoms with E-state index in [0.717, 1.165) is 12.8 Å². The number of hydrogen-bond donors (Lipinski definition) is 3. The number of aromatic hydroxyl groups is 2. The minimum absolute atomic E-state index is 0.0764. The molecule has 0 unspecified atom stereocenters. The molecule has 1 aromatic rings. The van der Waals surface area contributed by atoms with E-state index in [0.29, 0.717) is 6.61 Å². The third kappa shape index (κ3) is 5.99. The monoisotopic (exact) mass is 184 g/mol. The number of phenols is 2. The van der Waals surface area contributed by atoms with Gasteiger partial charge in [-0.1, -0.05) is 25.5 Å². The van der Waals surface area contributed by atoms with Gasteiger partial charge in [0.2, 0.25) is 0 Å². The third-order valence-corrected chi connectivity index (χ3v) is 1.39. The summed E-state index contributed by atoms with van der Waals surface area (Å²) in [7, 11) is 0. The van der Waals surface area contributed by atoms with E-state index in [9.17, 15) is 0 Å². The lowest BCUT2D eigenvalue weighted by Crippen LogP contribution is -1.75. The smallest absolute Gasteiger partial charge is 0.157 e. The van der Waals surface area contributed by atoms with Gasteiger partial charge in [-0.15, -0.1) is 0 Å². The molecule has 0 atom stereocenters. The number of phenolic OH excluding ortho intramolecular Hbond substituents is 2. The van der Waals surface area contributed by atoms with E-state index in [2.05, 4.69) is 6.92 Å². The first-order valence-electron chi connectivity index (χ1n) is 4.30. The second-order valence-electron chi connectivity index (χ2n) is 2.57. The molecule has 13 heavy (non-hydrogen) atoms. The van der Waals surface area contributed by atoms with Crippen molar-refractivity contribution in [2.75, 3.05) is 6.61 Å². The SMILES string of the molecule is CCCCO.Oc1ccccc1O. The van der Waals surface area contributed by atoms with E-state index >= 15 is 0 Å². The fraction of sp³-hybridized carbons (Fsp3) is 0.400. The average molecular weight is 184 g/mol. The van der Waals surface area contributed by atoms with Gasteiger partial charge in [0, 0.05) is 6.61 Å². The van der Waals surface area contributed by atoms with Crippen molar-refractivity contribution in [1.29, 1.82) is 0 Å². The van der Waals surface area contributed by atoms with Crippen LogP contribution in [0, 0.1) is 0 Å². The van der Waals surface area contributed by atoms with E-state index in [4.69, 9.17) is 15.3 Å². The predicted octanol–water partition coefficient (Wildman–Crippen LogP) is 1.88. The maximum Gasteiger partial charge on any atom is 0.157 e. The molecular formula is C10H16O3. The molecule has 74 valence electrons. The van der Waals surface area contributed by atoms with Crippen LogP contribution in [0.3, 0.4) is 0 Å². The Balaban J connectivity index is 0.000000252. The summed E-state index contributed by atoms with van der Waals surface area (Å²) in [5, 5.41) is 25.4. The maximum atomic E-state index is 8.67. The highest BCUT2D eigenvalue weighted by Gasteiger charge is 1.90. The molecule has 1 aromatic carbocycles. The Morgan fingerprint density at radius 1 is 1.08 bits per heavy atom. The molecule has 0 saturated heterocycles. The topological polar surface area (TPSA) is 60.7 Å². The zero-order valence-corrected chi connectivity index (χ0v) is 7.77. The molecular weight excluding hydrogens is 168 g/mol. The number of aliphatic hydroxyl groups excluding tert-OH is 1. The molecule has 0 bridgehead atoms. The standard InChI is InChI=1S/C6H6O2.C4H10O/c7-5-3-1-2-4-6(5)8;1-2-3-4-5/h1-4,7-8H;5H,2-4H2,1H3. The van der Waals surface area contributed by atoms with Crippen LogP contribution in [0.5, 0.6) is 11.5 Å². The Labute approximate surface area is 78.3 Å². The Hall–Kier alpha value is -1.22. The van der Waals surface area contributed by atoms with Crippen molar-refractivity contribution in [3.8, 4) is 11.5 Å². The van der Waals surface area contributed by atoms with Crippen molar-refractivity contribution in [3.05, 3.63) is 24.3 Å². The van der Waals surface area contributed by atoms with E-state index < -0.39 is 0 Å². The molecule has 0 fully saturated rings. The Bertz CT molecular complexity index is 200. The second-order valence-corrected chi connectivity index (χ2v) is 2.57. The van der Waals surface area contributed by atoms with Gasteiger partial charge in [0.1, 0.15) is 0 Å². The van der Waals surface area contributed by atoms with E-state index in [-0.39, 0.29) is 11.5 Å². The number of unbranched alkanes of at least 4 members (excludes halogenated alkanes) is 1. The first-order chi connectivity index (χ1) is 6.22. The summed E-state index contributed by atoms with van der Waals surface area (Å²) < 4.78 is 0. The lowest BCUT2D eigenvalue weighted by atomic mass is 10.3. The summed E-state index contributed by atoms with van der Waals surface area (Å²) in [6, 6.07) is 6.15. The van der Waals surface area contributed by atoms with Gasteiger partial charge in [0.15, 0.2) is 11.5 Å². The van der Waals surface area contributed by atoms with Crippen LogP contribution in [0.25, 0.3) is 0 Å². The van der Waals surface area contributed by atoms with Crippen LogP contribution in [-0.4, -0.2) is 21.9 Å². The normalized spacial score (nSPS) is 8.77. The molecule has 0 heterocycles. The van der Waals surface area contributed by atoms with Crippen molar-refractivity contribution >= 4 is 0 Å². The molecule has 0 spiro atoms. The van der Waals surface area contributed by atoms with E-state index in [1.165, 1.54) is 12.1 Å². The zero-order valence-electron chi connectivity index (χ0n) is 7.77. The Morgan fingerprint density at radius 3 is 1.69 bits per heavy atom. The number of para-hydroxylation sites is 2. The van der Waals surface area contributed by atoms with Crippen molar-refractivity contribution in [2.24, 2.45) is 0 Å². The van der Waals surface area contributed by atoms with Crippen molar-refractivity contribution in [2.45, 2.75) is 19.8 Å². The lowest BCUT2D eigenvalue weighted by Gasteiger charge is -1.91. The molecule has 0 aliphatic carbocycles. The Kier molecular flexibility index (Phi) is 6.73. The van der Waals surface area contributed by atoms with Crippen molar-refractivity contribution in [3.63, 3.8) is 0 Å². The summed E-state index contributed by atoms with van der Waals surface area (Å²) >= 11 is 0. The van der Waals surface area contributed by atoms with Gasteiger partial charge < -0.3 is 15.3 Å². The summed E-state index contributed by atoms with van der Waals surface area (Å²) in [6.45, 7) is 2.40. The molecule has 1 rings (SSSR count). The molecule has 3 heteroatoms. The fourth-order valence-corrected chi connectivity index (χ4v) is 0.622. The lowest BCUT2D eigenvalue weighted by molar-refractivity contribution is 0.287. The first-order valence-corrected chi connectivity index (χ1v) is 4.30. The van der Waals surface area contributed by atoms with Crippen LogP contribution < -0.4 is 0 Å². The number of aliphatic hydroxyl groups is 1. The predicted molar refractivity (Wildman–Crippen MR) is 51.8 cm³/mol. The van der Waals surface area contributed by atoms with Crippen molar-refractivity contribution in [1.82, 2.24) is 0 Å². The van der Waals surface area contributed by atoms with E-state index in [1.54, 1.807) is 12.1 Å². The van der Waals surface area contributed by atoms with Crippen LogP contribution in [-0.2, 0) is 0 Å². The van der Waals surface area contributed by atoms with Crippen LogP contribution in [0.1, 0.15) is 19.8 Å². The molecule has 0 aromatic heterocycles. The van der Waals surface area contributed by atoms with Crippen LogP contribution in [0.2, 0.25) is 0 Å². The summed E-state index contributed by atoms with van der Waals surface area (Å²) in [6.07, 6.45) is 2.04. The van der Waals surface area contributed by atoms with Crippen LogP contribution in [0.15, 0.2) is 24.3 Å². The Morgan fingerprint density at radius 2 is 1.54 bits per heavy atom. The molecule has 3 N–H and O–H groups in total. The minimum Gasteiger partial charge on any atom is -0.504 e. The van der Waals surface area contributed by atoms with E-state index in [1.807, 2.05) is 0 Å². The van der Waals surface area contributed by atoms with Gasteiger partial charge >= 0.3 is 0 Å². The van der Waals surface area contributed by atoms with Gasteiger partial charge in [0.05, 0.1) is 0 Å². The fourth-order valence-electron chi connectivity index (χ4n) is 0.622. The van der Waals surface area contributed by atoms with Crippen molar-refractivity contribution < 1.29 is 15.3 Å². The summed E-state index contributed by atoms with van der Waals surface area (Å²) in [4.78, 5) is 0. The highest BCUT2D eigenvalue weighted by atomic mass is 16.3. The van der Waals surface area contributed by atoms with Crippen LogP contribution >= 0.6 is 0 Å². The van der Waals surface area contributed by atoms with Gasteiger partial charge in [-0.3, -0.25) is 0 Å². The van der Waals surface area contributed by atoms with Crippen LogP contribution in [0.4, 0.5) is 0 Å². The van der Waals surface area contributed by atoms with Gasteiger partial charge in [-0.05, 0) is 18.6 Å². The quantitative estimate of drug-likeness (QED) is 0.615. The highest BCUT2D eigenvalue weighted by molar-refractivity contribution is 5.36. The van der Waals surface area contributed by atoms with Gasteiger partial charge in [-0.2, -0.15) is 0 Å². The van der Waals surface area contributed by atoms with Gasteiger partial charge in [-0.25, -0.2) is 0 Å². The maximum absolute atomic E-state index is 8.67. The molecule has 0 radical (unpaired) electrons. The summed E-state index contributed by atoms with van der Waals surface area (Å²) in [5.74, 6) is -0.153. The first kappa shape index (κ1) is 11.8. The molecule has 0 amide bonds. The molecule has 3 nitrogen and oxygen atoms in total. The molecule has 0 saturated carbocycles. The van der Waals surface area contributed by atoms with Gasteiger partial charge in [0.25, 0.3) is 0 Å². The minimum atomic E-state index is -0.0764. The largest absolute Gasteiger partial charge is 0.504 e. The summed E-state index contributed by atoms with van der Waals surface area (Å²) in [5.41, 5.74) is 0. The molecule has 0 aliphatic rings. The number of hydrogen-bond acceptors (Lipinski definition) is 3. The third-order valence-electron chi connectivity index (χ3n) is 1.39. The number of benzene rings is 1. The highest BCUT2D eigenvalue weighted by Crippen LogP contribution is 2.21. The second kappa shape index (κ2) is 7.43.